The molecule has 1 aromatic carbocycles. The van der Waals surface area contributed by atoms with Crippen LogP contribution in [0, 0.1) is 0 Å². The van der Waals surface area contributed by atoms with E-state index in [9.17, 15) is 4.79 Å². The summed E-state index contributed by atoms with van der Waals surface area (Å²) in [5.41, 5.74) is 3.86. The summed E-state index contributed by atoms with van der Waals surface area (Å²) in [5, 5.41) is 6.99. The van der Waals surface area contributed by atoms with E-state index in [0.29, 0.717) is 5.69 Å². The van der Waals surface area contributed by atoms with Gasteiger partial charge in [-0.2, -0.15) is 0 Å². The van der Waals surface area contributed by atoms with Crippen LogP contribution in [0.4, 0.5) is 21.9 Å². The molecule has 202 valence electrons. The summed E-state index contributed by atoms with van der Waals surface area (Å²) in [6.07, 6.45) is 10.1. The van der Waals surface area contributed by atoms with Gasteiger partial charge in [-0.25, -0.2) is 4.79 Å². The molecule has 2 N–H and O–H groups in total. The van der Waals surface area contributed by atoms with Gasteiger partial charge in [0, 0.05) is 81.2 Å². The predicted octanol–water partition coefficient (Wildman–Crippen LogP) is 4.28. The Morgan fingerprint density at radius 3 is 2.34 bits per heavy atom. The summed E-state index contributed by atoms with van der Waals surface area (Å²) >= 11 is 1.75. The molecular formula is C28H37N7O2S. The molecule has 0 bridgehead atoms. The number of rotatable bonds is 8. The van der Waals surface area contributed by atoms with E-state index >= 15 is 0 Å². The molecule has 0 radical (unpaired) electrons. The normalized spacial score (nSPS) is 19.1. The summed E-state index contributed by atoms with van der Waals surface area (Å²) in [4.78, 5) is 23.7. The molecular weight excluding hydrogens is 498 g/mol. The first-order valence-corrected chi connectivity index (χ1v) is 14.1. The molecule has 0 spiro atoms. The van der Waals surface area contributed by atoms with Gasteiger partial charge >= 0.3 is 6.03 Å². The number of urea groups is 1. The van der Waals surface area contributed by atoms with Gasteiger partial charge in [-0.15, -0.1) is 0 Å². The highest BCUT2D eigenvalue weighted by Crippen LogP contribution is 2.37. The van der Waals surface area contributed by atoms with Crippen molar-refractivity contribution in [1.29, 1.82) is 0 Å². The zero-order chi connectivity index (χ0) is 26.2. The van der Waals surface area contributed by atoms with Gasteiger partial charge in [0.25, 0.3) is 0 Å². The van der Waals surface area contributed by atoms with E-state index in [4.69, 9.17) is 4.74 Å². The highest BCUT2D eigenvalue weighted by molar-refractivity contribution is 8.04. The van der Waals surface area contributed by atoms with Crippen LogP contribution < -0.4 is 14.9 Å². The molecule has 2 saturated heterocycles. The van der Waals surface area contributed by atoms with Crippen LogP contribution >= 0.6 is 11.9 Å². The molecule has 3 aliphatic rings. The van der Waals surface area contributed by atoms with E-state index in [2.05, 4.69) is 66.1 Å². The van der Waals surface area contributed by atoms with Crippen LogP contribution in [-0.2, 0) is 4.74 Å². The number of ether oxygens (including phenoxy) is 1. The molecule has 2 amide bonds. The number of carbonyl (C=O) groups is 1. The van der Waals surface area contributed by atoms with Crippen molar-refractivity contribution in [3.63, 3.8) is 0 Å². The smallest absolute Gasteiger partial charge is 0.323 e. The number of nitrogens with one attached hydrogen (secondary N) is 2. The lowest BCUT2D eigenvalue weighted by molar-refractivity contribution is 0.0576. The van der Waals surface area contributed by atoms with Crippen molar-refractivity contribution >= 4 is 35.0 Å². The molecule has 38 heavy (non-hydrogen) atoms. The van der Waals surface area contributed by atoms with Gasteiger partial charge in [0.05, 0.1) is 23.9 Å². The largest absolute Gasteiger partial charge is 0.378 e. The predicted molar refractivity (Wildman–Crippen MR) is 155 cm³/mol. The number of pyridine rings is 1. The van der Waals surface area contributed by atoms with Crippen molar-refractivity contribution in [2.45, 2.75) is 12.8 Å². The maximum absolute atomic E-state index is 12.4. The molecule has 10 heteroatoms. The summed E-state index contributed by atoms with van der Waals surface area (Å²) < 4.78 is 7.84. The number of benzene rings is 1. The van der Waals surface area contributed by atoms with Gasteiger partial charge in [0.15, 0.2) is 0 Å². The van der Waals surface area contributed by atoms with Crippen LogP contribution in [0.2, 0.25) is 0 Å². The topological polar surface area (TPSA) is 76.2 Å². The lowest BCUT2D eigenvalue weighted by Gasteiger charge is -2.35. The first-order valence-electron chi connectivity index (χ1n) is 13.3. The average Bonchev–Trinajstić information content (AvgIpc) is 2.95. The lowest BCUT2D eigenvalue weighted by atomic mass is 10.1. The Hall–Kier alpha value is -3.05. The molecule has 1 aromatic heterocycles. The van der Waals surface area contributed by atoms with E-state index in [1.165, 1.54) is 10.6 Å². The minimum Gasteiger partial charge on any atom is -0.378 e. The molecule has 5 rings (SSSR count). The quantitative estimate of drug-likeness (QED) is 0.486. The number of hydrogen-bond acceptors (Lipinski definition) is 8. The molecule has 4 heterocycles. The van der Waals surface area contributed by atoms with Crippen LogP contribution in [0.1, 0.15) is 12.8 Å². The van der Waals surface area contributed by atoms with Crippen LogP contribution in [0.5, 0.6) is 0 Å². The van der Waals surface area contributed by atoms with E-state index in [0.717, 1.165) is 83.2 Å². The van der Waals surface area contributed by atoms with Crippen LogP contribution in [0.3, 0.4) is 0 Å². The molecule has 0 aliphatic carbocycles. The minimum atomic E-state index is -0.281. The SMILES string of the molecule is CN1CCN(CCCC2=CN(c3ccc(NC(=O)Nc4ccncc4)cc3)SC(N3CCOCC3)=C2)CC1. The first kappa shape index (κ1) is 26.6. The third-order valence-electron chi connectivity index (χ3n) is 6.96. The summed E-state index contributed by atoms with van der Waals surface area (Å²) in [6.45, 7) is 9.13. The zero-order valence-corrected chi connectivity index (χ0v) is 22.8. The number of hydrogen-bond donors (Lipinski definition) is 2. The number of allylic oxidation sites excluding steroid dienone is 2. The van der Waals surface area contributed by atoms with Crippen molar-refractivity contribution in [2.75, 3.05) is 81.0 Å². The maximum atomic E-state index is 12.4. The number of piperazine rings is 1. The van der Waals surface area contributed by atoms with Crippen LogP contribution in [-0.4, -0.2) is 91.8 Å². The fraction of sp³-hybridized carbons (Fsp3) is 0.429. The third-order valence-corrected chi connectivity index (χ3v) is 8.04. The van der Waals surface area contributed by atoms with Crippen LogP contribution in [0.15, 0.2) is 71.7 Å². The van der Waals surface area contributed by atoms with E-state index in [-0.39, 0.29) is 6.03 Å². The number of amides is 2. The standard InChI is InChI=1S/C28H37N7O2S/c1-32-13-15-33(16-14-32)12-2-3-23-21-27(34-17-19-37-20-18-34)38-35(22-23)26-6-4-24(5-7-26)30-28(36)31-25-8-10-29-11-9-25/h4-11,21-22H,2-3,12-20H2,1H3,(H2,29,30,31,36). The highest BCUT2D eigenvalue weighted by atomic mass is 32.2. The lowest BCUT2D eigenvalue weighted by Crippen LogP contribution is -2.44. The Morgan fingerprint density at radius 2 is 1.63 bits per heavy atom. The Balaban J connectivity index is 1.22. The van der Waals surface area contributed by atoms with Gasteiger partial charge in [-0.1, -0.05) is 0 Å². The Morgan fingerprint density at radius 1 is 0.947 bits per heavy atom. The minimum absolute atomic E-state index is 0.281. The van der Waals surface area contributed by atoms with Gasteiger partial charge in [0.2, 0.25) is 0 Å². The van der Waals surface area contributed by atoms with Crippen molar-refractivity contribution in [2.24, 2.45) is 0 Å². The fourth-order valence-corrected chi connectivity index (χ4v) is 5.81. The maximum Gasteiger partial charge on any atom is 0.323 e. The third kappa shape index (κ3) is 7.50. The van der Waals surface area contributed by atoms with Crippen molar-refractivity contribution in [1.82, 2.24) is 19.7 Å². The average molecular weight is 536 g/mol. The Kier molecular flexibility index (Phi) is 9.19. The fourth-order valence-electron chi connectivity index (χ4n) is 4.70. The second-order valence-corrected chi connectivity index (χ2v) is 10.8. The second-order valence-electron chi connectivity index (χ2n) is 9.81. The van der Waals surface area contributed by atoms with Gasteiger partial charge in [0.1, 0.15) is 0 Å². The summed E-state index contributed by atoms with van der Waals surface area (Å²) in [5.74, 6) is 0. The number of aromatic nitrogens is 1. The summed E-state index contributed by atoms with van der Waals surface area (Å²) in [7, 11) is 2.20. The Bertz CT molecular complexity index is 1110. The monoisotopic (exact) mass is 535 g/mol. The molecule has 3 aliphatic heterocycles. The summed E-state index contributed by atoms with van der Waals surface area (Å²) in [6, 6.07) is 11.2. The van der Waals surface area contributed by atoms with Crippen LogP contribution in [0.25, 0.3) is 0 Å². The number of morpholine rings is 1. The first-order chi connectivity index (χ1) is 18.6. The van der Waals surface area contributed by atoms with Gasteiger partial charge < -0.3 is 30.1 Å². The van der Waals surface area contributed by atoms with Crippen molar-refractivity contribution in [3.8, 4) is 0 Å². The zero-order valence-electron chi connectivity index (χ0n) is 22.0. The van der Waals surface area contributed by atoms with Gasteiger partial charge in [-0.3, -0.25) is 9.29 Å². The molecule has 2 aromatic rings. The molecule has 2 fully saturated rings. The molecule has 0 unspecified atom stereocenters. The number of carbonyl (C=O) groups excluding carboxylic acids is 1. The number of likely N-dealkylation sites (N-methyl/N-ethyl adjacent to an activating group) is 1. The number of nitrogens with zero attached hydrogens (tertiary/aromatic N) is 5. The van der Waals surface area contributed by atoms with E-state index in [1.54, 1.807) is 36.5 Å². The van der Waals surface area contributed by atoms with E-state index in [1.807, 2.05) is 12.1 Å². The molecule has 0 saturated carbocycles. The van der Waals surface area contributed by atoms with E-state index < -0.39 is 0 Å². The Labute approximate surface area is 229 Å². The van der Waals surface area contributed by atoms with Gasteiger partial charge in [-0.05, 0) is 74.5 Å². The highest BCUT2D eigenvalue weighted by Gasteiger charge is 2.22. The second kappa shape index (κ2) is 13.1. The molecule has 9 nitrogen and oxygen atoms in total. The van der Waals surface area contributed by atoms with Crippen molar-refractivity contribution in [3.05, 3.63) is 71.7 Å². The number of anilines is 3. The van der Waals surface area contributed by atoms with Crippen molar-refractivity contribution < 1.29 is 9.53 Å². The molecule has 0 atom stereocenters.